The monoisotopic (exact) mass is 185 g/mol. The van der Waals surface area contributed by atoms with Crippen LogP contribution in [0.2, 0.25) is 0 Å². The molecule has 1 unspecified atom stereocenters. The van der Waals surface area contributed by atoms with Gasteiger partial charge in [0.05, 0.1) is 0 Å². The molecule has 0 aromatic rings. The Balaban J connectivity index is 2.37. The van der Waals surface area contributed by atoms with E-state index in [2.05, 4.69) is 19.2 Å². The molecule has 1 aliphatic heterocycles. The van der Waals surface area contributed by atoms with Crippen LogP contribution in [0.4, 0.5) is 0 Å². The summed E-state index contributed by atoms with van der Waals surface area (Å²) in [4.78, 5) is 10.7. The molecule has 2 N–H and O–H groups in total. The van der Waals surface area contributed by atoms with Gasteiger partial charge in [0.25, 0.3) is 0 Å². The van der Waals surface area contributed by atoms with Gasteiger partial charge in [0.2, 0.25) is 0 Å². The van der Waals surface area contributed by atoms with Gasteiger partial charge in [-0.1, -0.05) is 26.7 Å². The standard InChI is InChI=1S/C10H19NO2/c1-3-4-5-8-7(2)6-9(11-8)10(12)13/h7-9,11H,3-6H2,1-2H3,(H,12,13)/t7-,8+,9?/m1/s1. The van der Waals surface area contributed by atoms with Crippen LogP contribution in [0.5, 0.6) is 0 Å². The van der Waals surface area contributed by atoms with Gasteiger partial charge in [0.1, 0.15) is 6.04 Å². The average Bonchev–Trinajstić information content (AvgIpc) is 2.44. The summed E-state index contributed by atoms with van der Waals surface area (Å²) in [7, 11) is 0. The van der Waals surface area contributed by atoms with Crippen LogP contribution in [-0.4, -0.2) is 23.2 Å². The van der Waals surface area contributed by atoms with Gasteiger partial charge in [-0.05, 0) is 18.8 Å². The lowest BCUT2D eigenvalue weighted by Crippen LogP contribution is -2.35. The third-order valence-corrected chi connectivity index (χ3v) is 2.88. The van der Waals surface area contributed by atoms with E-state index < -0.39 is 5.97 Å². The topological polar surface area (TPSA) is 49.3 Å². The third-order valence-electron chi connectivity index (χ3n) is 2.88. The van der Waals surface area contributed by atoms with Crippen LogP contribution in [0.25, 0.3) is 0 Å². The molecule has 0 saturated carbocycles. The number of aliphatic carboxylic acids is 1. The number of hydrogen-bond donors (Lipinski definition) is 2. The summed E-state index contributed by atoms with van der Waals surface area (Å²) in [5.41, 5.74) is 0. The summed E-state index contributed by atoms with van der Waals surface area (Å²) in [5, 5.41) is 12.0. The number of unbranched alkanes of at least 4 members (excludes halogenated alkanes) is 1. The first-order valence-electron chi connectivity index (χ1n) is 5.14. The van der Waals surface area contributed by atoms with E-state index in [0.29, 0.717) is 12.0 Å². The van der Waals surface area contributed by atoms with Gasteiger partial charge in [-0.2, -0.15) is 0 Å². The predicted octanol–water partition coefficient (Wildman–Crippen LogP) is 1.63. The van der Waals surface area contributed by atoms with Crippen molar-refractivity contribution in [1.29, 1.82) is 0 Å². The highest BCUT2D eigenvalue weighted by Gasteiger charge is 2.33. The van der Waals surface area contributed by atoms with Crippen LogP contribution in [0.1, 0.15) is 39.5 Å². The fourth-order valence-electron chi connectivity index (χ4n) is 1.99. The maximum Gasteiger partial charge on any atom is 0.320 e. The van der Waals surface area contributed by atoms with E-state index in [1.54, 1.807) is 0 Å². The van der Waals surface area contributed by atoms with Crippen LogP contribution in [0.15, 0.2) is 0 Å². The zero-order chi connectivity index (χ0) is 9.84. The van der Waals surface area contributed by atoms with Crippen molar-refractivity contribution in [3.63, 3.8) is 0 Å². The van der Waals surface area contributed by atoms with Gasteiger partial charge < -0.3 is 10.4 Å². The Labute approximate surface area is 79.5 Å². The molecule has 3 heteroatoms. The van der Waals surface area contributed by atoms with Crippen LogP contribution in [0, 0.1) is 5.92 Å². The number of carboxylic acids is 1. The second-order valence-corrected chi connectivity index (χ2v) is 4.02. The summed E-state index contributed by atoms with van der Waals surface area (Å²) < 4.78 is 0. The lowest BCUT2D eigenvalue weighted by molar-refractivity contribution is -0.139. The molecule has 3 nitrogen and oxygen atoms in total. The fraction of sp³-hybridized carbons (Fsp3) is 0.900. The van der Waals surface area contributed by atoms with Crippen molar-refractivity contribution in [3.05, 3.63) is 0 Å². The molecule has 0 aromatic carbocycles. The van der Waals surface area contributed by atoms with Gasteiger partial charge in [0.15, 0.2) is 0 Å². The SMILES string of the molecule is CCCC[C@@H]1NC(C(=O)O)C[C@H]1C. The van der Waals surface area contributed by atoms with Gasteiger partial charge in [-0.15, -0.1) is 0 Å². The fourth-order valence-corrected chi connectivity index (χ4v) is 1.99. The van der Waals surface area contributed by atoms with E-state index in [1.807, 2.05) is 0 Å². The van der Waals surface area contributed by atoms with E-state index in [-0.39, 0.29) is 6.04 Å². The molecule has 0 spiro atoms. The van der Waals surface area contributed by atoms with Crippen molar-refractivity contribution >= 4 is 5.97 Å². The van der Waals surface area contributed by atoms with E-state index >= 15 is 0 Å². The normalized spacial score (nSPS) is 33.5. The number of hydrogen-bond acceptors (Lipinski definition) is 2. The van der Waals surface area contributed by atoms with Crippen molar-refractivity contribution in [2.45, 2.75) is 51.6 Å². The molecule has 1 fully saturated rings. The van der Waals surface area contributed by atoms with E-state index in [1.165, 1.54) is 12.8 Å². The number of carboxylic acid groups (broad SMARTS) is 1. The molecule has 1 saturated heterocycles. The first kappa shape index (κ1) is 10.5. The number of nitrogens with one attached hydrogen (secondary N) is 1. The smallest absolute Gasteiger partial charge is 0.320 e. The van der Waals surface area contributed by atoms with Crippen molar-refractivity contribution in [3.8, 4) is 0 Å². The molecule has 0 amide bonds. The Hall–Kier alpha value is -0.570. The first-order valence-corrected chi connectivity index (χ1v) is 5.14. The summed E-state index contributed by atoms with van der Waals surface area (Å²) in [6.45, 7) is 4.30. The number of carbonyl (C=O) groups is 1. The van der Waals surface area contributed by atoms with Gasteiger partial charge in [-0.3, -0.25) is 4.79 Å². The molecule has 1 aliphatic rings. The quantitative estimate of drug-likeness (QED) is 0.700. The highest BCUT2D eigenvalue weighted by Crippen LogP contribution is 2.23. The van der Waals surface area contributed by atoms with Crippen LogP contribution in [0.3, 0.4) is 0 Å². The molecule has 0 radical (unpaired) electrons. The van der Waals surface area contributed by atoms with Gasteiger partial charge in [-0.25, -0.2) is 0 Å². The largest absolute Gasteiger partial charge is 0.480 e. The summed E-state index contributed by atoms with van der Waals surface area (Å²) in [6.07, 6.45) is 4.27. The maximum absolute atomic E-state index is 10.7. The van der Waals surface area contributed by atoms with E-state index in [4.69, 9.17) is 5.11 Å². The molecule has 1 rings (SSSR count). The average molecular weight is 185 g/mol. The minimum atomic E-state index is -0.703. The van der Waals surface area contributed by atoms with Gasteiger partial charge >= 0.3 is 5.97 Å². The minimum Gasteiger partial charge on any atom is -0.480 e. The Morgan fingerprint density at radius 3 is 2.77 bits per heavy atom. The molecule has 3 atom stereocenters. The van der Waals surface area contributed by atoms with Gasteiger partial charge in [0, 0.05) is 6.04 Å². The number of rotatable bonds is 4. The summed E-state index contributed by atoms with van der Waals surface area (Å²) in [6, 6.07) is 0.109. The third kappa shape index (κ3) is 2.69. The van der Waals surface area contributed by atoms with E-state index in [0.717, 1.165) is 12.8 Å². The summed E-state index contributed by atoms with van der Waals surface area (Å²) in [5.74, 6) is -0.196. The Kier molecular flexibility index (Phi) is 3.72. The Morgan fingerprint density at radius 1 is 1.62 bits per heavy atom. The molecule has 0 aromatic heterocycles. The first-order chi connectivity index (χ1) is 6.15. The second kappa shape index (κ2) is 4.61. The van der Waals surface area contributed by atoms with Crippen LogP contribution >= 0.6 is 0 Å². The highest BCUT2D eigenvalue weighted by atomic mass is 16.4. The van der Waals surface area contributed by atoms with Crippen molar-refractivity contribution in [1.82, 2.24) is 5.32 Å². The zero-order valence-corrected chi connectivity index (χ0v) is 8.42. The minimum absolute atomic E-state index is 0.308. The molecule has 13 heavy (non-hydrogen) atoms. The zero-order valence-electron chi connectivity index (χ0n) is 8.42. The van der Waals surface area contributed by atoms with Crippen molar-refractivity contribution in [2.24, 2.45) is 5.92 Å². The molecule has 76 valence electrons. The van der Waals surface area contributed by atoms with Crippen molar-refractivity contribution in [2.75, 3.05) is 0 Å². The van der Waals surface area contributed by atoms with Crippen molar-refractivity contribution < 1.29 is 9.90 Å². The Bertz CT molecular complexity index is 182. The molecule has 0 bridgehead atoms. The van der Waals surface area contributed by atoms with E-state index in [9.17, 15) is 4.79 Å². The summed E-state index contributed by atoms with van der Waals surface area (Å²) >= 11 is 0. The lowest BCUT2D eigenvalue weighted by Gasteiger charge is -2.14. The predicted molar refractivity (Wildman–Crippen MR) is 51.7 cm³/mol. The maximum atomic E-state index is 10.7. The lowest BCUT2D eigenvalue weighted by atomic mass is 9.97. The van der Waals surface area contributed by atoms with Crippen LogP contribution < -0.4 is 5.32 Å². The molecule has 0 aliphatic carbocycles. The van der Waals surface area contributed by atoms with Crippen LogP contribution in [-0.2, 0) is 4.79 Å². The molecular weight excluding hydrogens is 166 g/mol. The Morgan fingerprint density at radius 2 is 2.31 bits per heavy atom. The molecule has 1 heterocycles. The highest BCUT2D eigenvalue weighted by molar-refractivity contribution is 5.73. The second-order valence-electron chi connectivity index (χ2n) is 4.02. The molecular formula is C10H19NO2.